The standard InChI is InChI=1S/C19H23N3O2/c1-13(2)12-19(24)22-18-10-8-17(9-11-18)21-16-6-4-15(5-7-16)20-14(3)23/h4-11,13,21H,12H2,1-3H3,(H,20,23)(H,22,24). The van der Waals surface area contributed by atoms with Crippen molar-refractivity contribution in [3.63, 3.8) is 0 Å². The van der Waals surface area contributed by atoms with Crippen LogP contribution in [0.1, 0.15) is 27.2 Å². The van der Waals surface area contributed by atoms with Gasteiger partial charge >= 0.3 is 0 Å². The normalized spacial score (nSPS) is 10.3. The molecular formula is C19H23N3O2. The lowest BCUT2D eigenvalue weighted by molar-refractivity contribution is -0.117. The van der Waals surface area contributed by atoms with E-state index in [0.717, 1.165) is 22.7 Å². The van der Waals surface area contributed by atoms with Gasteiger partial charge in [0.15, 0.2) is 0 Å². The predicted molar refractivity (Wildman–Crippen MR) is 98.6 cm³/mol. The highest BCUT2D eigenvalue weighted by atomic mass is 16.2. The number of amides is 2. The molecule has 0 saturated carbocycles. The fraction of sp³-hybridized carbons (Fsp3) is 0.263. The molecule has 24 heavy (non-hydrogen) atoms. The molecule has 5 heteroatoms. The van der Waals surface area contributed by atoms with Crippen molar-refractivity contribution in [3.8, 4) is 0 Å². The average Bonchev–Trinajstić information content (AvgIpc) is 2.50. The van der Waals surface area contributed by atoms with Crippen molar-refractivity contribution in [1.29, 1.82) is 0 Å². The van der Waals surface area contributed by atoms with Gasteiger partial charge in [-0.1, -0.05) is 13.8 Å². The highest BCUT2D eigenvalue weighted by molar-refractivity contribution is 5.91. The Morgan fingerprint density at radius 3 is 1.62 bits per heavy atom. The maximum atomic E-state index is 11.8. The molecule has 0 unspecified atom stereocenters. The summed E-state index contributed by atoms with van der Waals surface area (Å²) >= 11 is 0. The van der Waals surface area contributed by atoms with E-state index in [9.17, 15) is 9.59 Å². The number of benzene rings is 2. The molecular weight excluding hydrogens is 302 g/mol. The van der Waals surface area contributed by atoms with Crippen LogP contribution in [0.25, 0.3) is 0 Å². The van der Waals surface area contributed by atoms with E-state index in [-0.39, 0.29) is 11.8 Å². The van der Waals surface area contributed by atoms with Gasteiger partial charge < -0.3 is 16.0 Å². The summed E-state index contributed by atoms with van der Waals surface area (Å²) < 4.78 is 0. The van der Waals surface area contributed by atoms with Gasteiger partial charge in [-0.15, -0.1) is 0 Å². The van der Waals surface area contributed by atoms with E-state index in [1.54, 1.807) is 0 Å². The molecule has 3 N–H and O–H groups in total. The Morgan fingerprint density at radius 1 is 0.792 bits per heavy atom. The number of carbonyl (C=O) groups is 2. The van der Waals surface area contributed by atoms with Gasteiger partial charge in [0, 0.05) is 36.1 Å². The Bertz CT molecular complexity index is 692. The second-order valence-electron chi connectivity index (χ2n) is 6.11. The number of rotatable bonds is 6. The molecule has 0 aliphatic rings. The number of nitrogens with one attached hydrogen (secondary N) is 3. The highest BCUT2D eigenvalue weighted by Crippen LogP contribution is 2.21. The fourth-order valence-electron chi connectivity index (χ4n) is 2.23. The topological polar surface area (TPSA) is 70.2 Å². The minimum absolute atomic E-state index is 0.0271. The van der Waals surface area contributed by atoms with Gasteiger partial charge in [0.2, 0.25) is 11.8 Å². The Hall–Kier alpha value is -2.82. The SMILES string of the molecule is CC(=O)Nc1ccc(Nc2ccc(NC(=O)CC(C)C)cc2)cc1. The van der Waals surface area contributed by atoms with Gasteiger partial charge in [-0.3, -0.25) is 9.59 Å². The first kappa shape index (κ1) is 17.5. The van der Waals surface area contributed by atoms with Gasteiger partial charge in [-0.25, -0.2) is 0 Å². The maximum Gasteiger partial charge on any atom is 0.224 e. The smallest absolute Gasteiger partial charge is 0.224 e. The Balaban J connectivity index is 1.93. The third kappa shape index (κ3) is 5.76. The molecule has 2 aromatic rings. The summed E-state index contributed by atoms with van der Waals surface area (Å²) in [4.78, 5) is 22.8. The first-order valence-electron chi connectivity index (χ1n) is 7.97. The summed E-state index contributed by atoms with van der Waals surface area (Å²) in [6.45, 7) is 5.52. The van der Waals surface area contributed by atoms with Crippen LogP contribution in [0.3, 0.4) is 0 Å². The van der Waals surface area contributed by atoms with Crippen molar-refractivity contribution in [2.75, 3.05) is 16.0 Å². The lowest BCUT2D eigenvalue weighted by atomic mass is 10.1. The van der Waals surface area contributed by atoms with E-state index in [4.69, 9.17) is 0 Å². The Kier molecular flexibility index (Phi) is 5.95. The zero-order valence-corrected chi connectivity index (χ0v) is 14.2. The molecule has 2 aromatic carbocycles. The molecule has 2 rings (SSSR count). The first-order valence-corrected chi connectivity index (χ1v) is 7.97. The van der Waals surface area contributed by atoms with Crippen LogP contribution in [0.2, 0.25) is 0 Å². The fourth-order valence-corrected chi connectivity index (χ4v) is 2.23. The van der Waals surface area contributed by atoms with Crippen LogP contribution in [0.5, 0.6) is 0 Å². The van der Waals surface area contributed by atoms with Crippen LogP contribution in [0.15, 0.2) is 48.5 Å². The minimum Gasteiger partial charge on any atom is -0.356 e. The first-order chi connectivity index (χ1) is 11.4. The second kappa shape index (κ2) is 8.15. The van der Waals surface area contributed by atoms with Crippen LogP contribution in [0.4, 0.5) is 22.7 Å². The van der Waals surface area contributed by atoms with Gasteiger partial charge in [-0.2, -0.15) is 0 Å². The molecule has 0 fully saturated rings. The van der Waals surface area contributed by atoms with E-state index in [1.807, 2.05) is 62.4 Å². The minimum atomic E-state index is -0.0918. The molecule has 0 saturated heterocycles. The maximum absolute atomic E-state index is 11.8. The highest BCUT2D eigenvalue weighted by Gasteiger charge is 2.05. The zero-order chi connectivity index (χ0) is 17.5. The number of hydrogen-bond donors (Lipinski definition) is 3. The molecule has 0 spiro atoms. The molecule has 0 radical (unpaired) electrons. The third-order valence-electron chi connectivity index (χ3n) is 3.26. The molecule has 0 bridgehead atoms. The predicted octanol–water partition coefficient (Wildman–Crippen LogP) is 4.37. The monoisotopic (exact) mass is 325 g/mol. The van der Waals surface area contributed by atoms with E-state index < -0.39 is 0 Å². The molecule has 0 heterocycles. The van der Waals surface area contributed by atoms with Crippen molar-refractivity contribution in [2.24, 2.45) is 5.92 Å². The molecule has 0 atom stereocenters. The molecule has 0 aliphatic carbocycles. The van der Waals surface area contributed by atoms with E-state index in [2.05, 4.69) is 16.0 Å². The summed E-state index contributed by atoms with van der Waals surface area (Å²) in [5.74, 6) is 0.275. The van der Waals surface area contributed by atoms with Crippen LogP contribution in [-0.4, -0.2) is 11.8 Å². The lowest BCUT2D eigenvalue weighted by Gasteiger charge is -2.10. The molecule has 2 amide bonds. The van der Waals surface area contributed by atoms with Crippen molar-refractivity contribution in [1.82, 2.24) is 0 Å². The van der Waals surface area contributed by atoms with Crippen molar-refractivity contribution in [2.45, 2.75) is 27.2 Å². The Labute approximate surface area is 142 Å². The van der Waals surface area contributed by atoms with Crippen molar-refractivity contribution in [3.05, 3.63) is 48.5 Å². The summed E-state index contributed by atoms with van der Waals surface area (Å²) in [6, 6.07) is 15.0. The summed E-state index contributed by atoms with van der Waals surface area (Å²) in [5.41, 5.74) is 3.38. The average molecular weight is 325 g/mol. The number of hydrogen-bond acceptors (Lipinski definition) is 3. The van der Waals surface area contributed by atoms with Crippen LogP contribution in [0, 0.1) is 5.92 Å². The van der Waals surface area contributed by atoms with Crippen molar-refractivity contribution >= 4 is 34.6 Å². The third-order valence-corrected chi connectivity index (χ3v) is 3.26. The van der Waals surface area contributed by atoms with Crippen molar-refractivity contribution < 1.29 is 9.59 Å². The van der Waals surface area contributed by atoms with Gasteiger partial charge in [0.1, 0.15) is 0 Å². The lowest BCUT2D eigenvalue weighted by Crippen LogP contribution is -2.13. The quantitative estimate of drug-likeness (QED) is 0.738. The largest absolute Gasteiger partial charge is 0.356 e. The van der Waals surface area contributed by atoms with E-state index in [0.29, 0.717) is 12.3 Å². The van der Waals surface area contributed by atoms with Gasteiger partial charge in [-0.05, 0) is 54.4 Å². The molecule has 0 aliphatic heterocycles. The van der Waals surface area contributed by atoms with Gasteiger partial charge in [0.25, 0.3) is 0 Å². The van der Waals surface area contributed by atoms with Crippen LogP contribution in [-0.2, 0) is 9.59 Å². The molecule has 126 valence electrons. The van der Waals surface area contributed by atoms with Gasteiger partial charge in [0.05, 0.1) is 0 Å². The summed E-state index contributed by atoms with van der Waals surface area (Å²) in [6.07, 6.45) is 0.515. The van der Waals surface area contributed by atoms with E-state index in [1.165, 1.54) is 6.92 Å². The van der Waals surface area contributed by atoms with Crippen LogP contribution < -0.4 is 16.0 Å². The summed E-state index contributed by atoms with van der Waals surface area (Å²) in [5, 5.41) is 8.88. The number of carbonyl (C=O) groups excluding carboxylic acids is 2. The summed E-state index contributed by atoms with van der Waals surface area (Å²) in [7, 11) is 0. The zero-order valence-electron chi connectivity index (χ0n) is 14.2. The van der Waals surface area contributed by atoms with E-state index >= 15 is 0 Å². The second-order valence-corrected chi connectivity index (χ2v) is 6.11. The molecule has 0 aromatic heterocycles. The Morgan fingerprint density at radius 2 is 1.21 bits per heavy atom. The van der Waals surface area contributed by atoms with Crippen LogP contribution >= 0.6 is 0 Å². The molecule has 5 nitrogen and oxygen atoms in total. The number of anilines is 4.